The van der Waals surface area contributed by atoms with Gasteiger partial charge in [0.05, 0.1) is 0 Å². The lowest BCUT2D eigenvalue weighted by molar-refractivity contribution is 0.0919. The van der Waals surface area contributed by atoms with E-state index >= 15 is 0 Å². The highest BCUT2D eigenvalue weighted by atomic mass is 16.4. The number of nitrogens with one attached hydrogen (secondary N) is 1. The summed E-state index contributed by atoms with van der Waals surface area (Å²) in [4.78, 5) is 12.0. The molecule has 5 nitrogen and oxygen atoms in total. The number of hydrogen-bond acceptors (Lipinski definition) is 4. The molecule has 3 aromatic rings. The van der Waals surface area contributed by atoms with Crippen molar-refractivity contribution in [2.24, 2.45) is 0 Å². The van der Waals surface area contributed by atoms with Crippen LogP contribution in [0.1, 0.15) is 22.7 Å². The van der Waals surface area contributed by atoms with E-state index in [-0.39, 0.29) is 11.8 Å². The molecule has 0 unspecified atom stereocenters. The van der Waals surface area contributed by atoms with E-state index in [1.165, 1.54) is 5.56 Å². The number of hydrogen-bond donors (Lipinski definition) is 1. The van der Waals surface area contributed by atoms with Crippen LogP contribution in [0.4, 0.5) is 0 Å². The van der Waals surface area contributed by atoms with Crippen LogP contribution in [0.5, 0.6) is 0 Å². The van der Waals surface area contributed by atoms with Gasteiger partial charge in [0.2, 0.25) is 5.89 Å². The molecule has 0 radical (unpaired) electrons. The van der Waals surface area contributed by atoms with Crippen LogP contribution >= 0.6 is 0 Å². The molecule has 0 aliphatic heterocycles. The van der Waals surface area contributed by atoms with Crippen molar-refractivity contribution in [1.82, 2.24) is 15.5 Å². The molecular weight excluding hydrogens is 290 g/mol. The minimum Gasteiger partial charge on any atom is -0.412 e. The minimum atomic E-state index is -0.340. The molecule has 0 bridgehead atoms. The Hall–Kier alpha value is -2.95. The predicted octanol–water partition coefficient (Wildman–Crippen LogP) is 3.10. The first-order valence-corrected chi connectivity index (χ1v) is 7.54. The first-order valence-electron chi connectivity index (χ1n) is 7.54. The van der Waals surface area contributed by atoms with Crippen LogP contribution in [-0.2, 0) is 6.42 Å². The highest BCUT2D eigenvalue weighted by Crippen LogP contribution is 2.16. The van der Waals surface area contributed by atoms with Crippen LogP contribution in [-0.4, -0.2) is 22.6 Å². The fraction of sp³-hybridized carbons (Fsp3) is 0.167. The third-order valence-electron chi connectivity index (χ3n) is 3.41. The average Bonchev–Trinajstić information content (AvgIpc) is 3.10. The Labute approximate surface area is 134 Å². The van der Waals surface area contributed by atoms with Gasteiger partial charge >= 0.3 is 11.8 Å². The second-order valence-electron chi connectivity index (χ2n) is 5.12. The van der Waals surface area contributed by atoms with E-state index in [0.29, 0.717) is 12.4 Å². The number of nitrogens with zero attached hydrogens (tertiary/aromatic N) is 2. The maximum absolute atomic E-state index is 12.0. The topological polar surface area (TPSA) is 68.0 Å². The second kappa shape index (κ2) is 7.35. The lowest BCUT2D eigenvalue weighted by Crippen LogP contribution is -2.25. The van der Waals surface area contributed by atoms with Crippen LogP contribution in [0.15, 0.2) is 65.1 Å². The van der Waals surface area contributed by atoms with Crippen molar-refractivity contribution in [3.8, 4) is 11.5 Å². The van der Waals surface area contributed by atoms with Gasteiger partial charge < -0.3 is 9.73 Å². The molecule has 1 N–H and O–H groups in total. The number of aryl methyl sites for hydroxylation is 1. The van der Waals surface area contributed by atoms with E-state index in [0.717, 1.165) is 18.4 Å². The highest BCUT2D eigenvalue weighted by Gasteiger charge is 2.15. The third-order valence-corrected chi connectivity index (χ3v) is 3.41. The van der Waals surface area contributed by atoms with Gasteiger partial charge in [-0.05, 0) is 30.5 Å². The Morgan fingerprint density at radius 3 is 2.39 bits per heavy atom. The molecule has 5 heteroatoms. The van der Waals surface area contributed by atoms with Gasteiger partial charge in [0, 0.05) is 12.1 Å². The summed E-state index contributed by atoms with van der Waals surface area (Å²) in [7, 11) is 0. The second-order valence-corrected chi connectivity index (χ2v) is 5.12. The predicted molar refractivity (Wildman–Crippen MR) is 86.8 cm³/mol. The standard InChI is InChI=1S/C18H17N3O2/c22-16(19-13-7-10-14-8-3-1-4-9-14)18-21-20-17(23-18)15-11-5-2-6-12-15/h1-6,8-9,11-12H,7,10,13H2,(H,19,22). The number of benzene rings is 2. The van der Waals surface area contributed by atoms with Crippen molar-refractivity contribution in [3.05, 3.63) is 72.1 Å². The Balaban J connectivity index is 1.50. The maximum atomic E-state index is 12.0. The van der Waals surface area contributed by atoms with Crippen molar-refractivity contribution >= 4 is 5.91 Å². The van der Waals surface area contributed by atoms with Gasteiger partial charge in [0.1, 0.15) is 0 Å². The molecule has 0 fully saturated rings. The summed E-state index contributed by atoms with van der Waals surface area (Å²) in [6, 6.07) is 19.5. The number of rotatable bonds is 6. The Morgan fingerprint density at radius 2 is 1.65 bits per heavy atom. The largest absolute Gasteiger partial charge is 0.412 e. The van der Waals surface area contributed by atoms with E-state index in [4.69, 9.17) is 4.42 Å². The van der Waals surface area contributed by atoms with Gasteiger partial charge in [-0.1, -0.05) is 48.5 Å². The lowest BCUT2D eigenvalue weighted by Gasteiger charge is -2.02. The summed E-state index contributed by atoms with van der Waals surface area (Å²) in [5.41, 5.74) is 2.05. The van der Waals surface area contributed by atoms with Gasteiger partial charge in [-0.3, -0.25) is 4.79 Å². The summed E-state index contributed by atoms with van der Waals surface area (Å²) in [5, 5.41) is 10.5. The van der Waals surface area contributed by atoms with E-state index < -0.39 is 0 Å². The first kappa shape index (κ1) is 15.0. The van der Waals surface area contributed by atoms with E-state index in [1.807, 2.05) is 48.5 Å². The molecule has 0 aliphatic rings. The van der Waals surface area contributed by atoms with E-state index in [2.05, 4.69) is 27.6 Å². The van der Waals surface area contributed by atoms with Crippen LogP contribution in [0.25, 0.3) is 11.5 Å². The highest BCUT2D eigenvalue weighted by molar-refractivity contribution is 5.89. The van der Waals surface area contributed by atoms with Gasteiger partial charge in [-0.25, -0.2) is 0 Å². The van der Waals surface area contributed by atoms with Crippen molar-refractivity contribution in [2.75, 3.05) is 6.54 Å². The molecular formula is C18H17N3O2. The zero-order valence-electron chi connectivity index (χ0n) is 12.6. The zero-order chi connectivity index (χ0) is 15.9. The SMILES string of the molecule is O=C(NCCCc1ccccc1)c1nnc(-c2ccccc2)o1. The molecule has 1 amide bonds. The van der Waals surface area contributed by atoms with Crippen molar-refractivity contribution in [2.45, 2.75) is 12.8 Å². The Morgan fingerprint density at radius 1 is 0.957 bits per heavy atom. The zero-order valence-corrected chi connectivity index (χ0v) is 12.6. The number of amides is 1. The molecule has 3 rings (SSSR count). The lowest BCUT2D eigenvalue weighted by atomic mass is 10.1. The summed E-state index contributed by atoms with van der Waals surface area (Å²) in [6.45, 7) is 0.566. The maximum Gasteiger partial charge on any atom is 0.308 e. The molecule has 0 atom stereocenters. The molecule has 23 heavy (non-hydrogen) atoms. The minimum absolute atomic E-state index is 0.0106. The van der Waals surface area contributed by atoms with Crippen molar-refractivity contribution < 1.29 is 9.21 Å². The number of carbonyl (C=O) groups is 1. The van der Waals surface area contributed by atoms with Gasteiger partial charge in [0.25, 0.3) is 0 Å². The average molecular weight is 307 g/mol. The molecule has 2 aromatic carbocycles. The van der Waals surface area contributed by atoms with Gasteiger partial charge in [-0.2, -0.15) is 0 Å². The van der Waals surface area contributed by atoms with Crippen LogP contribution in [0, 0.1) is 0 Å². The monoisotopic (exact) mass is 307 g/mol. The van der Waals surface area contributed by atoms with Crippen molar-refractivity contribution in [1.29, 1.82) is 0 Å². The van der Waals surface area contributed by atoms with Crippen LogP contribution in [0.3, 0.4) is 0 Å². The molecule has 0 saturated heterocycles. The van der Waals surface area contributed by atoms with Crippen LogP contribution in [0.2, 0.25) is 0 Å². The molecule has 116 valence electrons. The van der Waals surface area contributed by atoms with E-state index in [1.54, 1.807) is 0 Å². The summed E-state index contributed by atoms with van der Waals surface area (Å²) in [5.74, 6) is -0.00339. The van der Waals surface area contributed by atoms with Gasteiger partial charge in [-0.15, -0.1) is 10.2 Å². The quantitative estimate of drug-likeness (QED) is 0.711. The first-order chi connectivity index (χ1) is 11.3. The van der Waals surface area contributed by atoms with E-state index in [9.17, 15) is 4.79 Å². The molecule has 0 aliphatic carbocycles. The summed E-state index contributed by atoms with van der Waals surface area (Å²) >= 11 is 0. The van der Waals surface area contributed by atoms with Crippen molar-refractivity contribution in [3.63, 3.8) is 0 Å². The van der Waals surface area contributed by atoms with Crippen LogP contribution < -0.4 is 5.32 Å². The number of aromatic nitrogens is 2. The molecule has 0 saturated carbocycles. The Bertz CT molecular complexity index is 754. The Kier molecular flexibility index (Phi) is 4.79. The smallest absolute Gasteiger partial charge is 0.308 e. The molecule has 1 aromatic heterocycles. The third kappa shape index (κ3) is 4.03. The fourth-order valence-corrected chi connectivity index (χ4v) is 2.23. The summed E-state index contributed by atoms with van der Waals surface area (Å²) < 4.78 is 5.41. The summed E-state index contributed by atoms with van der Waals surface area (Å²) in [6.07, 6.45) is 1.77. The normalized spacial score (nSPS) is 10.4. The number of carbonyl (C=O) groups excluding carboxylic acids is 1. The van der Waals surface area contributed by atoms with Gasteiger partial charge in [0.15, 0.2) is 0 Å². The molecule has 1 heterocycles. The molecule has 0 spiro atoms. The fourth-order valence-electron chi connectivity index (χ4n) is 2.23.